The molecule has 1 aromatic carbocycles. The van der Waals surface area contributed by atoms with Crippen LogP contribution in [0, 0.1) is 0 Å². The van der Waals surface area contributed by atoms with E-state index in [4.69, 9.17) is 0 Å². The Hall–Kier alpha value is -2.40. The molecule has 0 unspecified atom stereocenters. The summed E-state index contributed by atoms with van der Waals surface area (Å²) in [5.41, 5.74) is 2.10. The van der Waals surface area contributed by atoms with Gasteiger partial charge in [0, 0.05) is 38.1 Å². The van der Waals surface area contributed by atoms with Gasteiger partial charge < -0.3 is 10.2 Å². The number of nitrogens with one attached hydrogen (secondary N) is 1. The lowest BCUT2D eigenvalue weighted by Gasteiger charge is -2.38. The van der Waals surface area contributed by atoms with Crippen molar-refractivity contribution in [3.63, 3.8) is 0 Å². The minimum atomic E-state index is -0.152. The largest absolute Gasteiger partial charge is 0.354 e. The minimum Gasteiger partial charge on any atom is -0.354 e. The summed E-state index contributed by atoms with van der Waals surface area (Å²) < 4.78 is 0. The maximum Gasteiger partial charge on any atom is 0.241 e. The fourth-order valence-corrected chi connectivity index (χ4v) is 3.40. The van der Waals surface area contributed by atoms with Gasteiger partial charge in [0.1, 0.15) is 5.82 Å². The average molecular weight is 352 g/mol. The fourth-order valence-electron chi connectivity index (χ4n) is 3.40. The summed E-state index contributed by atoms with van der Waals surface area (Å²) >= 11 is 0. The van der Waals surface area contributed by atoms with E-state index >= 15 is 0 Å². The van der Waals surface area contributed by atoms with E-state index in [9.17, 15) is 4.79 Å². The van der Waals surface area contributed by atoms with E-state index in [1.54, 1.807) is 0 Å². The maximum absolute atomic E-state index is 12.8. The number of amides is 1. The van der Waals surface area contributed by atoms with Crippen molar-refractivity contribution in [1.82, 2.24) is 9.88 Å². The monoisotopic (exact) mass is 352 g/mol. The molecule has 1 N–H and O–H groups in total. The first kappa shape index (κ1) is 18.4. The number of piperazine rings is 1. The van der Waals surface area contributed by atoms with Crippen LogP contribution >= 0.6 is 0 Å². The minimum absolute atomic E-state index is 0.0596. The number of carbonyl (C=O) groups is 1. The molecule has 5 nitrogen and oxygen atoms in total. The number of hydrogen-bond acceptors (Lipinski definition) is 4. The standard InChI is InChI=1S/C21H28N4O/c1-16(2)18-8-4-5-9-19(18)23-21(26)17(3)24-12-14-25(15-13-24)20-10-6-7-11-22-20/h4-11,16-17H,12-15H2,1-3H3,(H,23,26)/t17-/m0/s1. The smallest absolute Gasteiger partial charge is 0.241 e. The quantitative estimate of drug-likeness (QED) is 0.896. The number of anilines is 2. The molecule has 1 fully saturated rings. The van der Waals surface area contributed by atoms with Gasteiger partial charge in [-0.2, -0.15) is 0 Å². The summed E-state index contributed by atoms with van der Waals surface area (Å²) in [5.74, 6) is 1.45. The third kappa shape index (κ3) is 4.22. The van der Waals surface area contributed by atoms with Crippen LogP contribution in [0.3, 0.4) is 0 Å². The number of hydrogen-bond donors (Lipinski definition) is 1. The molecule has 2 heterocycles. The molecule has 2 aromatic rings. The highest BCUT2D eigenvalue weighted by Crippen LogP contribution is 2.24. The van der Waals surface area contributed by atoms with Crippen LogP contribution in [-0.4, -0.2) is 48.0 Å². The molecule has 138 valence electrons. The van der Waals surface area contributed by atoms with Crippen LogP contribution < -0.4 is 10.2 Å². The number of carbonyl (C=O) groups excluding carboxylic acids is 1. The first-order valence-corrected chi connectivity index (χ1v) is 9.36. The van der Waals surface area contributed by atoms with E-state index in [0.29, 0.717) is 5.92 Å². The molecule has 0 aliphatic carbocycles. The van der Waals surface area contributed by atoms with E-state index in [1.807, 2.05) is 49.5 Å². The Kier molecular flexibility index (Phi) is 5.89. The van der Waals surface area contributed by atoms with E-state index < -0.39 is 0 Å². The van der Waals surface area contributed by atoms with E-state index in [1.165, 1.54) is 5.56 Å². The summed E-state index contributed by atoms with van der Waals surface area (Å²) in [5, 5.41) is 3.13. The molecule has 5 heteroatoms. The molecule has 1 saturated heterocycles. The first-order valence-electron chi connectivity index (χ1n) is 9.36. The van der Waals surface area contributed by atoms with E-state index in [0.717, 1.165) is 37.7 Å². The highest BCUT2D eigenvalue weighted by atomic mass is 16.2. The Labute approximate surface area is 156 Å². The van der Waals surface area contributed by atoms with E-state index in [2.05, 4.69) is 40.0 Å². The molecular formula is C21H28N4O. The van der Waals surface area contributed by atoms with Crippen LogP contribution in [-0.2, 0) is 4.79 Å². The Bertz CT molecular complexity index is 724. The van der Waals surface area contributed by atoms with Crippen molar-refractivity contribution in [2.24, 2.45) is 0 Å². The molecule has 26 heavy (non-hydrogen) atoms. The second-order valence-corrected chi connectivity index (χ2v) is 7.12. The van der Waals surface area contributed by atoms with Gasteiger partial charge in [-0.3, -0.25) is 9.69 Å². The van der Waals surface area contributed by atoms with Gasteiger partial charge in [0.2, 0.25) is 5.91 Å². The van der Waals surface area contributed by atoms with Gasteiger partial charge in [0.15, 0.2) is 0 Å². The SMILES string of the molecule is CC(C)c1ccccc1NC(=O)[C@H](C)N1CCN(c2ccccn2)CC1. The van der Waals surface area contributed by atoms with Crippen molar-refractivity contribution < 1.29 is 4.79 Å². The lowest BCUT2D eigenvalue weighted by molar-refractivity contribution is -0.120. The van der Waals surface area contributed by atoms with Gasteiger partial charge in [0.05, 0.1) is 6.04 Å². The first-order chi connectivity index (χ1) is 12.6. The van der Waals surface area contributed by atoms with Crippen molar-refractivity contribution >= 4 is 17.4 Å². The Balaban J connectivity index is 1.58. The normalized spacial score (nSPS) is 16.5. The molecule has 1 aromatic heterocycles. The predicted octanol–water partition coefficient (Wildman–Crippen LogP) is 3.35. The molecule has 0 saturated carbocycles. The van der Waals surface area contributed by atoms with Gasteiger partial charge in [-0.05, 0) is 36.6 Å². The number of pyridine rings is 1. The number of para-hydroxylation sites is 1. The molecule has 1 atom stereocenters. The van der Waals surface area contributed by atoms with Gasteiger partial charge in [-0.1, -0.05) is 38.1 Å². The lowest BCUT2D eigenvalue weighted by Crippen LogP contribution is -2.53. The molecule has 0 spiro atoms. The summed E-state index contributed by atoms with van der Waals surface area (Å²) in [4.78, 5) is 21.7. The summed E-state index contributed by atoms with van der Waals surface area (Å²) in [6, 6.07) is 13.9. The van der Waals surface area contributed by atoms with Crippen LogP contribution in [0.25, 0.3) is 0 Å². The molecular weight excluding hydrogens is 324 g/mol. The van der Waals surface area contributed by atoms with Crippen LogP contribution in [0.1, 0.15) is 32.3 Å². The Morgan fingerprint density at radius 1 is 1.00 bits per heavy atom. The second kappa shape index (κ2) is 8.32. The molecule has 0 radical (unpaired) electrons. The van der Waals surface area contributed by atoms with Crippen LogP contribution in [0.15, 0.2) is 48.7 Å². The zero-order chi connectivity index (χ0) is 18.5. The molecule has 1 amide bonds. The van der Waals surface area contributed by atoms with Gasteiger partial charge in [-0.15, -0.1) is 0 Å². The highest BCUT2D eigenvalue weighted by Gasteiger charge is 2.26. The van der Waals surface area contributed by atoms with Gasteiger partial charge in [0.25, 0.3) is 0 Å². The zero-order valence-electron chi connectivity index (χ0n) is 15.9. The fraction of sp³-hybridized carbons (Fsp3) is 0.429. The Morgan fingerprint density at radius 3 is 2.35 bits per heavy atom. The molecule has 0 bridgehead atoms. The number of aromatic nitrogens is 1. The lowest BCUT2D eigenvalue weighted by atomic mass is 10.0. The molecule has 1 aliphatic heterocycles. The van der Waals surface area contributed by atoms with Gasteiger partial charge in [-0.25, -0.2) is 4.98 Å². The molecule has 3 rings (SSSR count). The average Bonchev–Trinajstić information content (AvgIpc) is 2.68. The van der Waals surface area contributed by atoms with Crippen molar-refractivity contribution in [2.45, 2.75) is 32.7 Å². The number of nitrogens with zero attached hydrogens (tertiary/aromatic N) is 3. The summed E-state index contributed by atoms with van der Waals surface area (Å²) in [6.45, 7) is 9.77. The second-order valence-electron chi connectivity index (χ2n) is 7.12. The van der Waals surface area contributed by atoms with Crippen molar-refractivity contribution in [2.75, 3.05) is 36.4 Å². The van der Waals surface area contributed by atoms with Crippen LogP contribution in [0.5, 0.6) is 0 Å². The molecule has 1 aliphatic rings. The summed E-state index contributed by atoms with van der Waals surface area (Å²) in [7, 11) is 0. The third-order valence-corrected chi connectivity index (χ3v) is 5.06. The topological polar surface area (TPSA) is 48.5 Å². The van der Waals surface area contributed by atoms with Crippen LogP contribution in [0.4, 0.5) is 11.5 Å². The maximum atomic E-state index is 12.8. The van der Waals surface area contributed by atoms with Crippen LogP contribution in [0.2, 0.25) is 0 Å². The summed E-state index contributed by atoms with van der Waals surface area (Å²) in [6.07, 6.45) is 1.82. The van der Waals surface area contributed by atoms with Crippen molar-refractivity contribution in [3.05, 3.63) is 54.2 Å². The Morgan fingerprint density at radius 2 is 1.69 bits per heavy atom. The van der Waals surface area contributed by atoms with Crippen molar-refractivity contribution in [1.29, 1.82) is 0 Å². The van der Waals surface area contributed by atoms with Crippen molar-refractivity contribution in [3.8, 4) is 0 Å². The van der Waals surface area contributed by atoms with Gasteiger partial charge >= 0.3 is 0 Å². The number of benzene rings is 1. The van der Waals surface area contributed by atoms with E-state index in [-0.39, 0.29) is 11.9 Å². The highest BCUT2D eigenvalue weighted by molar-refractivity contribution is 5.95. The third-order valence-electron chi connectivity index (χ3n) is 5.06. The number of rotatable bonds is 5. The predicted molar refractivity (Wildman–Crippen MR) is 107 cm³/mol. The zero-order valence-corrected chi connectivity index (χ0v) is 15.9.